The molecule has 2 aromatic rings. The molecule has 1 heterocycles. The van der Waals surface area contributed by atoms with Gasteiger partial charge < -0.3 is 9.32 Å². The lowest BCUT2D eigenvalue weighted by molar-refractivity contribution is 0.0762. The third-order valence-electron chi connectivity index (χ3n) is 3.14. The van der Waals surface area contributed by atoms with E-state index >= 15 is 0 Å². The Morgan fingerprint density at radius 2 is 1.76 bits per heavy atom. The first kappa shape index (κ1) is 15.5. The second-order valence-electron chi connectivity index (χ2n) is 4.68. The fourth-order valence-corrected chi connectivity index (χ4v) is 2.18. The molecule has 110 valence electrons. The van der Waals surface area contributed by atoms with Crippen LogP contribution in [0.4, 0.5) is 0 Å². The van der Waals surface area contributed by atoms with Crippen LogP contribution >= 0.6 is 15.9 Å². The topological polar surface area (TPSA) is 50.5 Å². The van der Waals surface area contributed by atoms with E-state index in [1.165, 1.54) is 17.7 Å². The number of alkyl halides is 1. The van der Waals surface area contributed by atoms with Gasteiger partial charge in [-0.2, -0.15) is 0 Å². The summed E-state index contributed by atoms with van der Waals surface area (Å²) in [7, 11) is 1.72. The molecule has 0 spiro atoms. The van der Waals surface area contributed by atoms with E-state index in [0.717, 1.165) is 6.42 Å². The van der Waals surface area contributed by atoms with E-state index in [9.17, 15) is 9.59 Å². The minimum atomic E-state index is -0.223. The predicted octanol–water partition coefficient (Wildman–Crippen LogP) is 3.17. The van der Waals surface area contributed by atoms with Crippen molar-refractivity contribution >= 4 is 27.6 Å². The van der Waals surface area contributed by atoms with Crippen LogP contribution in [0.2, 0.25) is 0 Å². The number of amides is 1. The van der Waals surface area contributed by atoms with E-state index in [1.54, 1.807) is 11.9 Å². The number of benzene rings is 1. The zero-order valence-electron chi connectivity index (χ0n) is 11.7. The molecule has 0 unspecified atom stereocenters. The van der Waals surface area contributed by atoms with Crippen molar-refractivity contribution in [1.82, 2.24) is 4.90 Å². The highest BCUT2D eigenvalue weighted by Crippen LogP contribution is 2.12. The van der Waals surface area contributed by atoms with Gasteiger partial charge in [-0.15, -0.1) is 0 Å². The van der Waals surface area contributed by atoms with Gasteiger partial charge in [0.15, 0.2) is 11.5 Å². The van der Waals surface area contributed by atoms with Crippen LogP contribution in [-0.4, -0.2) is 35.5 Å². The number of ketones is 1. The predicted molar refractivity (Wildman–Crippen MR) is 83.9 cm³/mol. The molecule has 0 aliphatic heterocycles. The van der Waals surface area contributed by atoms with Gasteiger partial charge in [0.05, 0.1) is 5.33 Å². The van der Waals surface area contributed by atoms with Gasteiger partial charge in [0.1, 0.15) is 0 Å². The number of carbonyl (C=O) groups is 2. The molecule has 0 radical (unpaired) electrons. The fraction of sp³-hybridized carbons (Fsp3) is 0.250. The van der Waals surface area contributed by atoms with Crippen molar-refractivity contribution in [3.63, 3.8) is 0 Å². The third-order valence-corrected chi connectivity index (χ3v) is 3.65. The van der Waals surface area contributed by atoms with Gasteiger partial charge >= 0.3 is 0 Å². The fourth-order valence-electron chi connectivity index (χ4n) is 1.90. The number of carbonyl (C=O) groups excluding carboxylic acids is 2. The summed E-state index contributed by atoms with van der Waals surface area (Å²) in [6.07, 6.45) is 0.775. The lowest BCUT2D eigenvalue weighted by Gasteiger charge is -2.15. The number of rotatable bonds is 6. The molecule has 1 aromatic heterocycles. The first-order valence-electron chi connectivity index (χ1n) is 6.60. The van der Waals surface area contributed by atoms with Gasteiger partial charge in [-0.05, 0) is 24.1 Å². The first-order chi connectivity index (χ1) is 10.1. The van der Waals surface area contributed by atoms with E-state index in [1.807, 2.05) is 30.3 Å². The Bertz CT molecular complexity index is 621. The molecular formula is C16H16BrNO3. The molecule has 0 aliphatic carbocycles. The third kappa shape index (κ3) is 4.04. The van der Waals surface area contributed by atoms with Gasteiger partial charge in [-0.25, -0.2) is 0 Å². The largest absolute Gasteiger partial charge is 0.448 e. The monoisotopic (exact) mass is 349 g/mol. The van der Waals surface area contributed by atoms with Crippen LogP contribution in [0.3, 0.4) is 0 Å². The molecule has 0 saturated carbocycles. The molecule has 0 aliphatic rings. The molecule has 0 bridgehead atoms. The number of likely N-dealkylation sites (N-methyl/N-ethyl adjacent to an activating group) is 1. The average molecular weight is 350 g/mol. The molecule has 0 fully saturated rings. The normalized spacial score (nSPS) is 10.4. The molecule has 0 atom stereocenters. The lowest BCUT2D eigenvalue weighted by Crippen LogP contribution is -2.28. The number of furan rings is 1. The number of hydrogen-bond donors (Lipinski definition) is 0. The summed E-state index contributed by atoms with van der Waals surface area (Å²) >= 11 is 3.07. The smallest absolute Gasteiger partial charge is 0.289 e. The van der Waals surface area contributed by atoms with E-state index in [2.05, 4.69) is 15.9 Å². The van der Waals surface area contributed by atoms with Gasteiger partial charge in [0, 0.05) is 13.6 Å². The van der Waals surface area contributed by atoms with Crippen molar-refractivity contribution in [3.05, 3.63) is 59.5 Å². The Balaban J connectivity index is 1.96. The summed E-state index contributed by atoms with van der Waals surface area (Å²) in [5, 5.41) is 0.179. The van der Waals surface area contributed by atoms with Crippen LogP contribution in [-0.2, 0) is 6.42 Å². The van der Waals surface area contributed by atoms with Crippen molar-refractivity contribution in [2.24, 2.45) is 0 Å². The standard InChI is InChI=1S/C16H16BrNO3/c1-18(10-9-12-5-3-2-4-6-12)16(20)15-8-7-14(21-15)13(19)11-17/h2-8H,9-11H2,1H3. The number of hydrogen-bond acceptors (Lipinski definition) is 3. The van der Waals surface area contributed by atoms with Crippen LogP contribution in [0.5, 0.6) is 0 Å². The van der Waals surface area contributed by atoms with Crippen LogP contribution in [0.15, 0.2) is 46.9 Å². The minimum absolute atomic E-state index is 0.179. The van der Waals surface area contributed by atoms with Gasteiger partial charge in [-0.1, -0.05) is 46.3 Å². The SMILES string of the molecule is CN(CCc1ccccc1)C(=O)c1ccc(C(=O)CBr)o1. The molecule has 1 aromatic carbocycles. The summed E-state index contributed by atoms with van der Waals surface area (Å²) in [5.41, 5.74) is 1.17. The Morgan fingerprint density at radius 1 is 1.10 bits per heavy atom. The van der Waals surface area contributed by atoms with Crippen molar-refractivity contribution in [1.29, 1.82) is 0 Å². The molecule has 21 heavy (non-hydrogen) atoms. The summed E-state index contributed by atoms with van der Waals surface area (Å²) in [5.74, 6) is -0.0120. The van der Waals surface area contributed by atoms with Crippen molar-refractivity contribution in [2.45, 2.75) is 6.42 Å². The van der Waals surface area contributed by atoms with Crippen LogP contribution in [0, 0.1) is 0 Å². The molecular weight excluding hydrogens is 334 g/mol. The Hall–Kier alpha value is -1.88. The maximum atomic E-state index is 12.2. The zero-order chi connectivity index (χ0) is 15.2. The summed E-state index contributed by atoms with van der Waals surface area (Å²) in [6, 6.07) is 13.0. The van der Waals surface area contributed by atoms with Crippen LogP contribution in [0.25, 0.3) is 0 Å². The molecule has 5 heteroatoms. The minimum Gasteiger partial charge on any atom is -0.448 e. The summed E-state index contributed by atoms with van der Waals surface area (Å²) < 4.78 is 5.30. The maximum Gasteiger partial charge on any atom is 0.289 e. The quantitative estimate of drug-likeness (QED) is 0.594. The molecule has 0 N–H and O–H groups in total. The summed E-state index contributed by atoms with van der Waals surface area (Å²) in [4.78, 5) is 25.3. The van der Waals surface area contributed by atoms with Gasteiger partial charge in [0.25, 0.3) is 5.91 Å². The molecule has 4 nitrogen and oxygen atoms in total. The Labute approximate surface area is 131 Å². The number of nitrogens with zero attached hydrogens (tertiary/aromatic N) is 1. The average Bonchev–Trinajstić information content (AvgIpc) is 3.02. The Kier molecular flexibility index (Phi) is 5.33. The van der Waals surface area contributed by atoms with E-state index in [4.69, 9.17) is 4.42 Å². The summed E-state index contributed by atoms with van der Waals surface area (Å²) in [6.45, 7) is 0.589. The lowest BCUT2D eigenvalue weighted by atomic mass is 10.1. The van der Waals surface area contributed by atoms with Gasteiger partial charge in [0.2, 0.25) is 5.78 Å². The van der Waals surface area contributed by atoms with Crippen molar-refractivity contribution in [3.8, 4) is 0 Å². The molecule has 1 amide bonds. The Morgan fingerprint density at radius 3 is 2.43 bits per heavy atom. The highest BCUT2D eigenvalue weighted by Gasteiger charge is 2.18. The van der Waals surface area contributed by atoms with E-state index in [-0.39, 0.29) is 28.5 Å². The van der Waals surface area contributed by atoms with Crippen molar-refractivity contribution in [2.75, 3.05) is 18.9 Å². The highest BCUT2D eigenvalue weighted by molar-refractivity contribution is 9.09. The highest BCUT2D eigenvalue weighted by atomic mass is 79.9. The van der Waals surface area contributed by atoms with E-state index in [0.29, 0.717) is 6.54 Å². The second kappa shape index (κ2) is 7.22. The first-order valence-corrected chi connectivity index (χ1v) is 7.72. The number of Topliss-reactive ketones (excluding diaryl/α,β-unsaturated/α-hetero) is 1. The second-order valence-corrected chi connectivity index (χ2v) is 5.24. The maximum absolute atomic E-state index is 12.2. The van der Waals surface area contributed by atoms with Gasteiger partial charge in [-0.3, -0.25) is 9.59 Å². The number of halogens is 1. The van der Waals surface area contributed by atoms with Crippen LogP contribution in [0.1, 0.15) is 26.7 Å². The van der Waals surface area contributed by atoms with Crippen molar-refractivity contribution < 1.29 is 14.0 Å². The molecule has 0 saturated heterocycles. The van der Waals surface area contributed by atoms with Crippen LogP contribution < -0.4 is 0 Å². The van der Waals surface area contributed by atoms with E-state index < -0.39 is 0 Å². The molecule has 2 rings (SSSR count). The zero-order valence-corrected chi connectivity index (χ0v) is 13.3.